The average Bonchev–Trinajstić information content (AvgIpc) is 3.07. The molecule has 0 spiro atoms. The molecule has 1 aromatic carbocycles. The van der Waals surface area contributed by atoms with Crippen molar-refractivity contribution in [3.8, 4) is 0 Å². The molecule has 0 radical (unpaired) electrons. The molecule has 3 fully saturated rings. The van der Waals surface area contributed by atoms with Crippen molar-refractivity contribution in [1.29, 1.82) is 0 Å². The van der Waals surface area contributed by atoms with Crippen LogP contribution < -0.4 is 0 Å². The fraction of sp³-hybridized carbons (Fsp3) is 0.562. The van der Waals surface area contributed by atoms with Gasteiger partial charge in [0.2, 0.25) is 0 Å². The van der Waals surface area contributed by atoms with Gasteiger partial charge in [-0.25, -0.2) is 4.79 Å². The summed E-state index contributed by atoms with van der Waals surface area (Å²) in [4.78, 5) is 12.3. The summed E-state index contributed by atoms with van der Waals surface area (Å²) in [5.41, 5.74) is 0.484. The molecule has 0 unspecified atom stereocenters. The van der Waals surface area contributed by atoms with Crippen LogP contribution in [0.15, 0.2) is 30.3 Å². The Morgan fingerprint density at radius 3 is 2.68 bits per heavy atom. The van der Waals surface area contributed by atoms with Gasteiger partial charge in [0.05, 0.1) is 12.2 Å². The maximum atomic E-state index is 12.3. The van der Waals surface area contributed by atoms with Crippen molar-refractivity contribution in [2.75, 3.05) is 6.61 Å². The summed E-state index contributed by atoms with van der Waals surface area (Å²) in [6.07, 6.45) is -2.09. The SMILES string of the molecule is CC1(C)O[C@H]2[C@@H](O1)[C@H]1CO[C@@H](O1)[C@@H]2OC(=O)c1ccccc1. The summed E-state index contributed by atoms with van der Waals surface area (Å²) < 4.78 is 28.7. The Hall–Kier alpha value is -1.47. The topological polar surface area (TPSA) is 63.2 Å². The lowest BCUT2D eigenvalue weighted by Crippen LogP contribution is -2.54. The molecule has 2 bridgehead atoms. The van der Waals surface area contributed by atoms with Crippen LogP contribution in [0.5, 0.6) is 0 Å². The highest BCUT2D eigenvalue weighted by atomic mass is 16.8. The molecule has 0 aliphatic carbocycles. The number of benzene rings is 1. The van der Waals surface area contributed by atoms with E-state index in [0.717, 1.165) is 0 Å². The first kappa shape index (κ1) is 14.1. The number of rotatable bonds is 2. The molecule has 3 aliphatic heterocycles. The van der Waals surface area contributed by atoms with Gasteiger partial charge in [-0.3, -0.25) is 0 Å². The molecular formula is C16H18O6. The zero-order chi connectivity index (χ0) is 15.3. The van der Waals surface area contributed by atoms with Crippen LogP contribution in [-0.2, 0) is 23.7 Å². The van der Waals surface area contributed by atoms with E-state index >= 15 is 0 Å². The molecule has 3 aliphatic rings. The molecule has 0 aromatic heterocycles. The van der Waals surface area contributed by atoms with E-state index in [2.05, 4.69) is 0 Å². The second kappa shape index (κ2) is 5.03. The fourth-order valence-corrected chi connectivity index (χ4v) is 3.19. The maximum Gasteiger partial charge on any atom is 0.338 e. The average molecular weight is 306 g/mol. The summed E-state index contributed by atoms with van der Waals surface area (Å²) in [5.74, 6) is -1.14. The fourth-order valence-electron chi connectivity index (χ4n) is 3.19. The summed E-state index contributed by atoms with van der Waals surface area (Å²) in [7, 11) is 0. The number of ether oxygens (including phenoxy) is 5. The Balaban J connectivity index is 1.56. The van der Waals surface area contributed by atoms with Crippen LogP contribution in [0.4, 0.5) is 0 Å². The van der Waals surface area contributed by atoms with Crippen molar-refractivity contribution in [2.45, 2.75) is 50.3 Å². The van der Waals surface area contributed by atoms with Crippen molar-refractivity contribution in [1.82, 2.24) is 0 Å². The second-order valence-electron chi connectivity index (χ2n) is 6.18. The highest BCUT2D eigenvalue weighted by Crippen LogP contribution is 2.41. The number of hydrogen-bond acceptors (Lipinski definition) is 6. The zero-order valence-electron chi connectivity index (χ0n) is 12.4. The molecule has 6 nitrogen and oxygen atoms in total. The van der Waals surface area contributed by atoms with E-state index in [1.54, 1.807) is 24.3 Å². The Morgan fingerprint density at radius 1 is 1.18 bits per heavy atom. The highest BCUT2D eigenvalue weighted by Gasteiger charge is 2.60. The monoisotopic (exact) mass is 306 g/mol. The van der Waals surface area contributed by atoms with Gasteiger partial charge in [-0.05, 0) is 26.0 Å². The molecule has 0 saturated carbocycles. The molecule has 5 atom stereocenters. The minimum Gasteiger partial charge on any atom is -0.450 e. The minimum atomic E-state index is -0.722. The molecule has 118 valence electrons. The van der Waals surface area contributed by atoms with Crippen molar-refractivity contribution < 1.29 is 28.5 Å². The van der Waals surface area contributed by atoms with Crippen LogP contribution in [0.25, 0.3) is 0 Å². The van der Waals surface area contributed by atoms with E-state index in [9.17, 15) is 4.79 Å². The lowest BCUT2D eigenvalue weighted by Gasteiger charge is -2.34. The second-order valence-corrected chi connectivity index (χ2v) is 6.18. The zero-order valence-corrected chi connectivity index (χ0v) is 12.4. The van der Waals surface area contributed by atoms with E-state index in [4.69, 9.17) is 23.7 Å². The number of hydrogen-bond donors (Lipinski definition) is 0. The number of carbonyl (C=O) groups is 1. The lowest BCUT2D eigenvalue weighted by molar-refractivity contribution is -0.205. The van der Waals surface area contributed by atoms with Crippen molar-refractivity contribution in [3.05, 3.63) is 35.9 Å². The number of esters is 1. The van der Waals surface area contributed by atoms with E-state index in [0.29, 0.717) is 12.2 Å². The summed E-state index contributed by atoms with van der Waals surface area (Å²) >= 11 is 0. The van der Waals surface area contributed by atoms with E-state index in [1.165, 1.54) is 0 Å². The number of carbonyl (C=O) groups excluding carboxylic acids is 1. The standard InChI is InChI=1S/C16H18O6/c1-16(2)21-11-10-8-18-15(19-10)13(12(11)22-16)20-14(17)9-6-4-3-5-7-9/h3-7,10-13,15H,8H2,1-2H3/t10-,11+,12+,13-,15+/m1/s1. The Kier molecular flexibility index (Phi) is 3.23. The Labute approximate surface area is 128 Å². The van der Waals surface area contributed by atoms with E-state index in [1.807, 2.05) is 19.9 Å². The maximum absolute atomic E-state index is 12.3. The summed E-state index contributed by atoms with van der Waals surface area (Å²) in [5, 5.41) is 0. The Bertz CT molecular complexity index is 571. The van der Waals surface area contributed by atoms with Crippen molar-refractivity contribution in [2.24, 2.45) is 0 Å². The van der Waals surface area contributed by atoms with Crippen molar-refractivity contribution >= 4 is 5.97 Å². The van der Waals surface area contributed by atoms with Gasteiger partial charge in [0.1, 0.15) is 18.3 Å². The van der Waals surface area contributed by atoms with E-state index in [-0.39, 0.29) is 18.3 Å². The summed E-state index contributed by atoms with van der Waals surface area (Å²) in [6.45, 7) is 4.11. The first-order valence-electron chi connectivity index (χ1n) is 7.42. The molecule has 1 aromatic rings. The van der Waals surface area contributed by atoms with Crippen LogP contribution in [-0.4, -0.2) is 49.1 Å². The highest BCUT2D eigenvalue weighted by molar-refractivity contribution is 5.89. The van der Waals surface area contributed by atoms with Gasteiger partial charge in [-0.2, -0.15) is 0 Å². The molecule has 0 N–H and O–H groups in total. The van der Waals surface area contributed by atoms with Crippen LogP contribution in [0.3, 0.4) is 0 Å². The van der Waals surface area contributed by atoms with Gasteiger partial charge in [0.25, 0.3) is 0 Å². The van der Waals surface area contributed by atoms with Gasteiger partial charge in [-0.1, -0.05) is 18.2 Å². The third-order valence-electron chi connectivity index (χ3n) is 4.11. The normalized spacial score (nSPS) is 38.5. The lowest BCUT2D eigenvalue weighted by atomic mass is 10.0. The molecule has 22 heavy (non-hydrogen) atoms. The van der Waals surface area contributed by atoms with Crippen LogP contribution in [0.2, 0.25) is 0 Å². The third-order valence-corrected chi connectivity index (χ3v) is 4.11. The first-order chi connectivity index (χ1) is 10.5. The summed E-state index contributed by atoms with van der Waals surface area (Å²) in [6, 6.07) is 8.83. The molecular weight excluding hydrogens is 288 g/mol. The predicted octanol–water partition coefficient (Wildman–Crippen LogP) is 1.49. The van der Waals surface area contributed by atoms with Crippen molar-refractivity contribution in [3.63, 3.8) is 0 Å². The molecule has 6 heteroatoms. The van der Waals surface area contributed by atoms with Crippen LogP contribution in [0, 0.1) is 0 Å². The van der Waals surface area contributed by atoms with Gasteiger partial charge in [0.15, 0.2) is 18.2 Å². The molecule has 0 amide bonds. The minimum absolute atomic E-state index is 0.177. The first-order valence-corrected chi connectivity index (χ1v) is 7.42. The van der Waals surface area contributed by atoms with E-state index < -0.39 is 24.2 Å². The van der Waals surface area contributed by atoms with Gasteiger partial charge >= 0.3 is 5.97 Å². The molecule has 3 saturated heterocycles. The van der Waals surface area contributed by atoms with Gasteiger partial charge in [0, 0.05) is 0 Å². The largest absolute Gasteiger partial charge is 0.450 e. The quantitative estimate of drug-likeness (QED) is 0.771. The molecule has 3 heterocycles. The van der Waals surface area contributed by atoms with Gasteiger partial charge < -0.3 is 23.7 Å². The van der Waals surface area contributed by atoms with Gasteiger partial charge in [-0.15, -0.1) is 0 Å². The smallest absolute Gasteiger partial charge is 0.338 e. The predicted molar refractivity (Wildman–Crippen MR) is 74.1 cm³/mol. The third kappa shape index (κ3) is 2.32. The number of fused-ring (bicyclic) bond motifs is 4. The molecule has 4 rings (SSSR count). The van der Waals surface area contributed by atoms with Crippen LogP contribution in [0.1, 0.15) is 24.2 Å². The van der Waals surface area contributed by atoms with Crippen LogP contribution >= 0.6 is 0 Å². The Morgan fingerprint density at radius 2 is 1.91 bits per heavy atom.